The van der Waals surface area contributed by atoms with Gasteiger partial charge < -0.3 is 4.42 Å². The molecule has 0 aliphatic heterocycles. The van der Waals surface area contributed by atoms with Gasteiger partial charge in [0, 0.05) is 16.9 Å². The fourth-order valence-corrected chi connectivity index (χ4v) is 13.9. The van der Waals surface area contributed by atoms with Gasteiger partial charge in [0.15, 0.2) is 0 Å². The number of hydrogen-bond acceptors (Lipinski definition) is 1. The van der Waals surface area contributed by atoms with E-state index in [2.05, 4.69) is 175 Å². The number of para-hydroxylation sites is 1. The van der Waals surface area contributed by atoms with Crippen LogP contribution in [0.25, 0.3) is 28.2 Å². The van der Waals surface area contributed by atoms with Crippen LogP contribution in [-0.2, 0) is 10.8 Å². The lowest BCUT2D eigenvalue weighted by molar-refractivity contribution is -0.0281. The fourth-order valence-electron chi connectivity index (χ4n) is 13.9. The van der Waals surface area contributed by atoms with Gasteiger partial charge in [-0.2, -0.15) is 0 Å². The van der Waals surface area contributed by atoms with Gasteiger partial charge in [0.25, 0.3) is 0 Å². The standard InChI is InChI=1S/C58H57BO/c1-36-25-38(3)54(39(4)26-36)59(55-40(5)27-37(2)28-41(55)6)49-12-9-11-46(30-49)44-17-21-47(22-18-44)57-31-42-29-43(32-57)34-58(33-42,35-57)48-23-19-45(20-24-48)50-14-10-15-52-51-13-7-8-16-53(51)60-56(50)52/h7-13,15-28,30,42-43,50H,14,29,31-35H2,1-6H3. The summed E-state index contributed by atoms with van der Waals surface area (Å²) < 4.78 is 6.51. The van der Waals surface area contributed by atoms with Crippen molar-refractivity contribution in [2.75, 3.05) is 0 Å². The average Bonchev–Trinajstić information content (AvgIpc) is 3.61. The van der Waals surface area contributed by atoms with Crippen molar-refractivity contribution in [3.05, 3.63) is 189 Å². The minimum absolute atomic E-state index is 0.171. The highest BCUT2D eigenvalue weighted by atomic mass is 16.3. The highest BCUT2D eigenvalue weighted by Gasteiger charge is 2.58. The van der Waals surface area contributed by atoms with Crippen LogP contribution in [-0.4, -0.2) is 6.71 Å². The minimum Gasteiger partial charge on any atom is -0.460 e. The van der Waals surface area contributed by atoms with Crippen LogP contribution in [0.2, 0.25) is 0 Å². The van der Waals surface area contributed by atoms with E-state index in [0.29, 0.717) is 0 Å². The third kappa shape index (κ3) is 6.11. The van der Waals surface area contributed by atoms with E-state index in [4.69, 9.17) is 4.42 Å². The molecular weight excluding hydrogens is 723 g/mol. The van der Waals surface area contributed by atoms with Gasteiger partial charge in [-0.05, 0) is 143 Å². The molecule has 0 saturated heterocycles. The van der Waals surface area contributed by atoms with Crippen LogP contribution >= 0.6 is 0 Å². The number of furan rings is 1. The highest BCUT2D eigenvalue weighted by Crippen LogP contribution is 2.66. The molecule has 1 heterocycles. The number of allylic oxidation sites excluding steroid dienone is 1. The quantitative estimate of drug-likeness (QED) is 0.147. The third-order valence-corrected chi connectivity index (χ3v) is 15.7. The van der Waals surface area contributed by atoms with E-state index in [-0.39, 0.29) is 23.5 Å². The molecule has 3 atom stereocenters. The smallest absolute Gasteiger partial charge is 0.242 e. The van der Waals surface area contributed by atoms with Gasteiger partial charge in [-0.1, -0.05) is 177 Å². The van der Waals surface area contributed by atoms with Crippen molar-refractivity contribution in [2.45, 2.75) is 103 Å². The van der Waals surface area contributed by atoms with Crippen LogP contribution < -0.4 is 16.4 Å². The first-order valence-electron chi connectivity index (χ1n) is 22.7. The van der Waals surface area contributed by atoms with Crippen molar-refractivity contribution in [3.8, 4) is 11.1 Å². The van der Waals surface area contributed by atoms with Crippen molar-refractivity contribution >= 4 is 40.1 Å². The first-order chi connectivity index (χ1) is 29.1. The zero-order valence-electron chi connectivity index (χ0n) is 36.4. The third-order valence-electron chi connectivity index (χ3n) is 15.7. The van der Waals surface area contributed by atoms with Crippen LogP contribution in [0.3, 0.4) is 0 Å². The summed E-state index contributed by atoms with van der Waals surface area (Å²) in [4.78, 5) is 0. The molecular formula is C58H57BO. The Morgan fingerprint density at radius 2 is 1.13 bits per heavy atom. The van der Waals surface area contributed by atoms with E-state index < -0.39 is 0 Å². The van der Waals surface area contributed by atoms with Crippen molar-refractivity contribution in [1.29, 1.82) is 0 Å². The van der Waals surface area contributed by atoms with Gasteiger partial charge in [-0.25, -0.2) is 0 Å². The van der Waals surface area contributed by atoms with Gasteiger partial charge in [0.1, 0.15) is 11.3 Å². The van der Waals surface area contributed by atoms with Crippen molar-refractivity contribution in [2.24, 2.45) is 11.8 Å². The van der Waals surface area contributed by atoms with Crippen LogP contribution in [0.1, 0.15) is 112 Å². The maximum Gasteiger partial charge on any atom is 0.242 e. The van der Waals surface area contributed by atoms with Crippen LogP contribution in [0.15, 0.2) is 132 Å². The monoisotopic (exact) mass is 780 g/mol. The normalized spacial score (nSPS) is 23.9. The Morgan fingerprint density at radius 3 is 1.73 bits per heavy atom. The second-order valence-electron chi connectivity index (χ2n) is 20.0. The summed E-state index contributed by atoms with van der Waals surface area (Å²) in [6.45, 7) is 13.8. The Morgan fingerprint density at radius 1 is 0.567 bits per heavy atom. The second-order valence-corrected chi connectivity index (χ2v) is 20.0. The topological polar surface area (TPSA) is 13.1 Å². The van der Waals surface area contributed by atoms with E-state index in [9.17, 15) is 0 Å². The zero-order chi connectivity index (χ0) is 40.9. The van der Waals surface area contributed by atoms with Gasteiger partial charge >= 0.3 is 0 Å². The molecule has 3 unspecified atom stereocenters. The largest absolute Gasteiger partial charge is 0.460 e. The van der Waals surface area contributed by atoms with Crippen molar-refractivity contribution in [1.82, 2.24) is 0 Å². The summed E-state index contributed by atoms with van der Waals surface area (Å²) in [5, 5.41) is 1.23. The van der Waals surface area contributed by atoms with Gasteiger partial charge in [0.05, 0.1) is 0 Å². The molecule has 6 aromatic carbocycles. The SMILES string of the molecule is Cc1cc(C)c(B(c2cccc(-c3ccc(C45CC6CC(C4)CC(c4ccc(C7CC=Cc8c7oc7ccccc87)cc4)(C6)C5)cc3)c2)c2c(C)cc(C)cc2C)c(C)c1. The van der Waals surface area contributed by atoms with Crippen molar-refractivity contribution < 1.29 is 4.42 Å². The molecule has 4 fully saturated rings. The molecule has 0 spiro atoms. The van der Waals surface area contributed by atoms with Gasteiger partial charge in [0.2, 0.25) is 6.71 Å². The Kier molecular flexibility index (Phi) is 8.86. The zero-order valence-corrected chi connectivity index (χ0v) is 36.4. The highest BCUT2D eigenvalue weighted by molar-refractivity contribution is 6.96. The van der Waals surface area contributed by atoms with E-state index in [1.165, 1.54) is 116 Å². The molecule has 5 aliphatic carbocycles. The van der Waals surface area contributed by atoms with Crippen LogP contribution in [0, 0.1) is 53.4 Å². The Hall–Kier alpha value is -5.34. The fraction of sp³-hybridized carbons (Fsp3) is 0.310. The molecule has 5 aliphatic rings. The Bertz CT molecular complexity index is 2710. The lowest BCUT2D eigenvalue weighted by Gasteiger charge is -2.63. The first kappa shape index (κ1) is 37.6. The minimum atomic E-state index is 0.171. The molecule has 60 heavy (non-hydrogen) atoms. The number of rotatable bonds is 7. The number of aryl methyl sites for hydroxylation is 6. The van der Waals surface area contributed by atoms with E-state index in [0.717, 1.165) is 29.6 Å². The van der Waals surface area contributed by atoms with Crippen LogP contribution in [0.5, 0.6) is 0 Å². The lowest BCUT2D eigenvalue weighted by atomic mass is 9.34. The van der Waals surface area contributed by atoms with E-state index >= 15 is 0 Å². The molecule has 0 radical (unpaired) electrons. The second kappa shape index (κ2) is 14.1. The molecule has 4 saturated carbocycles. The predicted molar refractivity (Wildman–Crippen MR) is 254 cm³/mol. The Labute approximate surface area is 358 Å². The summed E-state index contributed by atoms with van der Waals surface area (Å²) in [5.74, 6) is 3.01. The van der Waals surface area contributed by atoms with Crippen molar-refractivity contribution in [3.63, 3.8) is 0 Å². The average molecular weight is 781 g/mol. The molecule has 0 amide bonds. The summed E-state index contributed by atoms with van der Waals surface area (Å²) >= 11 is 0. The molecule has 7 aromatic rings. The summed E-state index contributed by atoms with van der Waals surface area (Å²) in [6, 6.07) is 47.3. The number of hydrogen-bond donors (Lipinski definition) is 0. The summed E-state index contributed by atoms with van der Waals surface area (Å²) in [6.07, 6.45) is 13.6. The first-order valence-corrected chi connectivity index (χ1v) is 22.7. The number of fused-ring (bicyclic) bond motifs is 3. The summed E-state index contributed by atoms with van der Waals surface area (Å²) in [5.41, 5.74) is 22.3. The lowest BCUT2D eigenvalue weighted by Crippen LogP contribution is -2.56. The van der Waals surface area contributed by atoms with E-state index in [1.54, 1.807) is 11.1 Å². The molecule has 0 N–H and O–H groups in total. The number of benzene rings is 6. The van der Waals surface area contributed by atoms with Gasteiger partial charge in [-0.3, -0.25) is 0 Å². The molecule has 2 heteroatoms. The maximum atomic E-state index is 6.51. The van der Waals surface area contributed by atoms with E-state index in [1.807, 2.05) is 0 Å². The molecule has 12 rings (SSSR count). The summed E-state index contributed by atoms with van der Waals surface area (Å²) in [7, 11) is 0. The van der Waals surface area contributed by atoms with Crippen LogP contribution in [0.4, 0.5) is 0 Å². The molecule has 4 bridgehead atoms. The molecule has 1 nitrogen and oxygen atoms in total. The molecule has 298 valence electrons. The molecule has 1 aromatic heterocycles. The predicted octanol–water partition coefficient (Wildman–Crippen LogP) is 12.8. The maximum absolute atomic E-state index is 6.51. The Balaban J connectivity index is 0.900. The van der Waals surface area contributed by atoms with Gasteiger partial charge in [-0.15, -0.1) is 0 Å².